The van der Waals surface area contributed by atoms with Crippen LogP contribution < -0.4 is 0 Å². The molecule has 2 N–H and O–H groups in total. The SMILES string of the molecule is COC(C)C(O)c1ccc(C(=O)O)o1. The van der Waals surface area contributed by atoms with Crippen LogP contribution in [0.15, 0.2) is 16.5 Å². The summed E-state index contributed by atoms with van der Waals surface area (Å²) in [5.41, 5.74) is 0. The predicted octanol–water partition coefficient (Wildman–Crippen LogP) is 1.05. The predicted molar refractivity (Wildman–Crippen MR) is 47.1 cm³/mol. The Bertz CT molecular complexity index is 317. The fourth-order valence-corrected chi connectivity index (χ4v) is 0.987. The van der Waals surface area contributed by atoms with Crippen LogP contribution in [-0.2, 0) is 4.74 Å². The fourth-order valence-electron chi connectivity index (χ4n) is 0.987. The van der Waals surface area contributed by atoms with Gasteiger partial charge in [0.05, 0.1) is 6.10 Å². The number of ether oxygens (including phenoxy) is 1. The van der Waals surface area contributed by atoms with Gasteiger partial charge in [0.2, 0.25) is 5.76 Å². The Morgan fingerprint density at radius 3 is 2.64 bits per heavy atom. The van der Waals surface area contributed by atoms with E-state index in [1.54, 1.807) is 6.92 Å². The second-order valence-corrected chi connectivity index (χ2v) is 2.89. The zero-order chi connectivity index (χ0) is 10.7. The number of rotatable bonds is 4. The van der Waals surface area contributed by atoms with Gasteiger partial charge < -0.3 is 19.4 Å². The number of hydrogen-bond donors (Lipinski definition) is 2. The van der Waals surface area contributed by atoms with E-state index in [9.17, 15) is 9.90 Å². The minimum absolute atomic E-state index is 0.191. The van der Waals surface area contributed by atoms with Gasteiger partial charge in [0.15, 0.2) is 0 Å². The molecule has 78 valence electrons. The molecule has 2 unspecified atom stereocenters. The molecule has 0 fully saturated rings. The minimum atomic E-state index is -1.16. The van der Waals surface area contributed by atoms with Crippen LogP contribution >= 0.6 is 0 Å². The summed E-state index contributed by atoms with van der Waals surface area (Å²) in [7, 11) is 1.45. The van der Waals surface area contributed by atoms with Gasteiger partial charge in [0.25, 0.3) is 0 Å². The first kappa shape index (κ1) is 10.7. The minimum Gasteiger partial charge on any atom is -0.475 e. The third-order valence-corrected chi connectivity index (χ3v) is 1.95. The number of aromatic carboxylic acids is 1. The molecule has 0 amide bonds. The highest BCUT2D eigenvalue weighted by Gasteiger charge is 2.20. The number of carbonyl (C=O) groups is 1. The topological polar surface area (TPSA) is 79.9 Å². The largest absolute Gasteiger partial charge is 0.475 e. The number of aliphatic hydroxyl groups is 1. The zero-order valence-electron chi connectivity index (χ0n) is 7.93. The third-order valence-electron chi connectivity index (χ3n) is 1.95. The van der Waals surface area contributed by atoms with E-state index in [4.69, 9.17) is 14.3 Å². The Morgan fingerprint density at radius 2 is 2.21 bits per heavy atom. The van der Waals surface area contributed by atoms with Crippen LogP contribution in [0.2, 0.25) is 0 Å². The molecule has 0 bridgehead atoms. The molecule has 5 nitrogen and oxygen atoms in total. The van der Waals surface area contributed by atoms with Crippen molar-refractivity contribution in [2.75, 3.05) is 7.11 Å². The molecule has 0 aliphatic heterocycles. The van der Waals surface area contributed by atoms with Crippen molar-refractivity contribution in [1.29, 1.82) is 0 Å². The highest BCUT2D eigenvalue weighted by Crippen LogP contribution is 2.20. The van der Waals surface area contributed by atoms with Crippen molar-refractivity contribution in [1.82, 2.24) is 0 Å². The van der Waals surface area contributed by atoms with Crippen LogP contribution in [-0.4, -0.2) is 29.4 Å². The van der Waals surface area contributed by atoms with E-state index in [-0.39, 0.29) is 11.5 Å². The quantitative estimate of drug-likeness (QED) is 0.759. The summed E-state index contributed by atoms with van der Waals surface area (Å²) >= 11 is 0. The first-order valence-corrected chi connectivity index (χ1v) is 4.10. The third kappa shape index (κ3) is 2.12. The van der Waals surface area contributed by atoms with E-state index in [0.717, 1.165) is 0 Å². The van der Waals surface area contributed by atoms with Crippen LogP contribution in [0.25, 0.3) is 0 Å². The Morgan fingerprint density at radius 1 is 1.57 bits per heavy atom. The van der Waals surface area contributed by atoms with Gasteiger partial charge >= 0.3 is 5.97 Å². The fraction of sp³-hybridized carbons (Fsp3) is 0.444. The van der Waals surface area contributed by atoms with Crippen LogP contribution in [0.4, 0.5) is 0 Å². The number of carboxylic acids is 1. The van der Waals surface area contributed by atoms with E-state index < -0.39 is 18.2 Å². The van der Waals surface area contributed by atoms with Crippen LogP contribution in [0.1, 0.15) is 29.3 Å². The van der Waals surface area contributed by atoms with Crippen molar-refractivity contribution >= 4 is 5.97 Å². The van der Waals surface area contributed by atoms with Gasteiger partial charge in [0, 0.05) is 7.11 Å². The van der Waals surface area contributed by atoms with Crippen molar-refractivity contribution in [2.45, 2.75) is 19.1 Å². The van der Waals surface area contributed by atoms with Gasteiger partial charge in [-0.25, -0.2) is 4.79 Å². The van der Waals surface area contributed by atoms with E-state index in [2.05, 4.69) is 0 Å². The smallest absolute Gasteiger partial charge is 0.371 e. The van der Waals surface area contributed by atoms with E-state index in [1.807, 2.05) is 0 Å². The average Bonchev–Trinajstić information content (AvgIpc) is 2.64. The van der Waals surface area contributed by atoms with Gasteiger partial charge in [0.1, 0.15) is 11.9 Å². The van der Waals surface area contributed by atoms with Gasteiger partial charge in [-0.2, -0.15) is 0 Å². The van der Waals surface area contributed by atoms with E-state index >= 15 is 0 Å². The summed E-state index contributed by atoms with van der Waals surface area (Å²) in [6, 6.07) is 2.72. The molecular weight excluding hydrogens is 188 g/mol. The molecule has 0 saturated heterocycles. The van der Waals surface area contributed by atoms with Gasteiger partial charge in [-0.1, -0.05) is 0 Å². The molecule has 1 heterocycles. The van der Waals surface area contributed by atoms with Crippen LogP contribution in [0.3, 0.4) is 0 Å². The Labute approximate surface area is 80.9 Å². The maximum Gasteiger partial charge on any atom is 0.371 e. The lowest BCUT2D eigenvalue weighted by molar-refractivity contribution is -0.0128. The molecule has 2 atom stereocenters. The number of hydrogen-bond acceptors (Lipinski definition) is 4. The zero-order valence-corrected chi connectivity index (χ0v) is 7.93. The summed E-state index contributed by atoms with van der Waals surface area (Å²) in [6.07, 6.45) is -1.39. The molecule has 0 aromatic carbocycles. The summed E-state index contributed by atoms with van der Waals surface area (Å²) in [5, 5.41) is 18.1. The molecule has 5 heteroatoms. The lowest BCUT2D eigenvalue weighted by Gasteiger charge is -2.14. The maximum absolute atomic E-state index is 10.5. The molecular formula is C9H12O5. The van der Waals surface area contributed by atoms with Crippen molar-refractivity contribution in [2.24, 2.45) is 0 Å². The lowest BCUT2D eigenvalue weighted by atomic mass is 10.2. The molecule has 14 heavy (non-hydrogen) atoms. The lowest BCUT2D eigenvalue weighted by Crippen LogP contribution is -2.16. The molecule has 1 aromatic rings. The second kappa shape index (κ2) is 4.26. The summed E-state index contributed by atoms with van der Waals surface area (Å²) < 4.78 is 9.78. The molecule has 1 rings (SSSR count). The number of methoxy groups -OCH3 is 1. The first-order valence-electron chi connectivity index (χ1n) is 4.10. The monoisotopic (exact) mass is 200 g/mol. The molecule has 0 aliphatic carbocycles. The highest BCUT2D eigenvalue weighted by molar-refractivity contribution is 5.84. The van der Waals surface area contributed by atoms with Gasteiger partial charge in [-0.15, -0.1) is 0 Å². The maximum atomic E-state index is 10.5. The van der Waals surface area contributed by atoms with Crippen molar-refractivity contribution < 1.29 is 24.2 Å². The molecule has 0 radical (unpaired) electrons. The molecule has 0 aliphatic rings. The number of aliphatic hydroxyl groups excluding tert-OH is 1. The summed E-state index contributed by atoms with van der Waals surface area (Å²) in [5.74, 6) is -1.16. The Balaban J connectivity index is 2.81. The van der Waals surface area contributed by atoms with Crippen LogP contribution in [0, 0.1) is 0 Å². The van der Waals surface area contributed by atoms with E-state index in [1.165, 1.54) is 19.2 Å². The van der Waals surface area contributed by atoms with Gasteiger partial charge in [-0.3, -0.25) is 0 Å². The number of carboxylic acid groups (broad SMARTS) is 1. The second-order valence-electron chi connectivity index (χ2n) is 2.89. The Hall–Kier alpha value is -1.33. The normalized spacial score (nSPS) is 15.1. The number of furan rings is 1. The molecule has 1 aromatic heterocycles. The first-order chi connectivity index (χ1) is 6.56. The van der Waals surface area contributed by atoms with Crippen molar-refractivity contribution in [3.8, 4) is 0 Å². The summed E-state index contributed by atoms with van der Waals surface area (Å²) in [6.45, 7) is 1.66. The average molecular weight is 200 g/mol. The van der Waals surface area contributed by atoms with E-state index in [0.29, 0.717) is 0 Å². The van der Waals surface area contributed by atoms with Crippen LogP contribution in [0.5, 0.6) is 0 Å². The van der Waals surface area contributed by atoms with Crippen molar-refractivity contribution in [3.05, 3.63) is 23.7 Å². The van der Waals surface area contributed by atoms with Gasteiger partial charge in [-0.05, 0) is 19.1 Å². The van der Waals surface area contributed by atoms with Crippen molar-refractivity contribution in [3.63, 3.8) is 0 Å². The molecule has 0 saturated carbocycles. The highest BCUT2D eigenvalue weighted by atomic mass is 16.5. The molecule has 0 spiro atoms. The standard InChI is InChI=1S/C9H12O5/c1-5(13-2)8(10)6-3-4-7(14-6)9(11)12/h3-5,8,10H,1-2H3,(H,11,12). The Kier molecular flexibility index (Phi) is 3.27. The summed E-state index contributed by atoms with van der Waals surface area (Å²) in [4.78, 5) is 10.5.